The van der Waals surface area contributed by atoms with Crippen LogP contribution < -0.4 is 4.90 Å². The number of halogens is 1. The molecule has 1 aliphatic heterocycles. The maximum Gasteiger partial charge on any atom is 0.305 e. The molecule has 152 valence electrons. The highest BCUT2D eigenvalue weighted by atomic mass is 35.5. The van der Waals surface area contributed by atoms with Gasteiger partial charge in [0.05, 0.1) is 13.7 Å². The van der Waals surface area contributed by atoms with Crippen LogP contribution in [0.5, 0.6) is 0 Å². The number of rotatable bonds is 8. The van der Waals surface area contributed by atoms with Crippen LogP contribution in [-0.4, -0.2) is 66.9 Å². The van der Waals surface area contributed by atoms with Crippen molar-refractivity contribution in [2.75, 3.05) is 38.3 Å². The molecule has 0 spiro atoms. The highest BCUT2D eigenvalue weighted by molar-refractivity contribution is 6.30. The van der Waals surface area contributed by atoms with E-state index in [-0.39, 0.29) is 56.3 Å². The van der Waals surface area contributed by atoms with Gasteiger partial charge in [-0.3, -0.25) is 24.1 Å². The number of hydrogen-bond acceptors (Lipinski definition) is 5. The fraction of sp³-hybridized carbons (Fsp3) is 0.474. The van der Waals surface area contributed by atoms with Crippen LogP contribution in [0.4, 0.5) is 5.69 Å². The molecule has 2 rings (SSSR count). The van der Waals surface area contributed by atoms with Gasteiger partial charge in [0.25, 0.3) is 0 Å². The first-order valence-corrected chi connectivity index (χ1v) is 9.41. The van der Waals surface area contributed by atoms with Crippen molar-refractivity contribution >= 4 is 41.0 Å². The fourth-order valence-corrected chi connectivity index (χ4v) is 2.97. The largest absolute Gasteiger partial charge is 0.469 e. The minimum atomic E-state index is -0.371. The summed E-state index contributed by atoms with van der Waals surface area (Å²) in [4.78, 5) is 52.6. The molecule has 1 saturated heterocycles. The zero-order chi connectivity index (χ0) is 20.7. The predicted octanol–water partition coefficient (Wildman–Crippen LogP) is 1.66. The average Bonchev–Trinajstić information content (AvgIpc) is 3.08. The number of ether oxygens (including phenoxy) is 1. The molecule has 0 bridgehead atoms. The summed E-state index contributed by atoms with van der Waals surface area (Å²) in [6, 6.07) is 6.80. The predicted molar refractivity (Wildman–Crippen MR) is 104 cm³/mol. The van der Waals surface area contributed by atoms with Gasteiger partial charge in [0.15, 0.2) is 0 Å². The summed E-state index contributed by atoms with van der Waals surface area (Å²) in [6.07, 6.45) is 0.680. The second kappa shape index (κ2) is 10.1. The van der Waals surface area contributed by atoms with Crippen molar-refractivity contribution in [3.63, 3.8) is 0 Å². The first-order chi connectivity index (χ1) is 13.3. The van der Waals surface area contributed by atoms with Crippen molar-refractivity contribution in [1.82, 2.24) is 9.80 Å². The molecule has 0 atom stereocenters. The van der Waals surface area contributed by atoms with Gasteiger partial charge in [-0.2, -0.15) is 0 Å². The number of anilines is 1. The van der Waals surface area contributed by atoms with Gasteiger partial charge in [0, 0.05) is 30.1 Å². The lowest BCUT2D eigenvalue weighted by molar-refractivity contribution is -0.142. The van der Waals surface area contributed by atoms with E-state index in [1.807, 2.05) is 0 Å². The molecule has 0 aliphatic carbocycles. The van der Waals surface area contributed by atoms with E-state index < -0.39 is 0 Å². The highest BCUT2D eigenvalue weighted by Crippen LogP contribution is 2.21. The molecule has 1 aromatic carbocycles. The molecule has 0 unspecified atom stereocenters. The minimum absolute atomic E-state index is 0.0322. The zero-order valence-corrected chi connectivity index (χ0v) is 16.8. The Balaban J connectivity index is 1.90. The highest BCUT2D eigenvalue weighted by Gasteiger charge is 2.32. The third-order valence-corrected chi connectivity index (χ3v) is 4.74. The molecule has 1 aliphatic rings. The van der Waals surface area contributed by atoms with E-state index >= 15 is 0 Å². The molecule has 0 N–H and O–H groups in total. The van der Waals surface area contributed by atoms with Gasteiger partial charge >= 0.3 is 5.97 Å². The number of hydrogen-bond donors (Lipinski definition) is 0. The van der Waals surface area contributed by atoms with Crippen LogP contribution in [0.25, 0.3) is 0 Å². The van der Waals surface area contributed by atoms with E-state index in [1.165, 1.54) is 21.8 Å². The van der Waals surface area contributed by atoms with Gasteiger partial charge in [-0.05, 0) is 37.6 Å². The van der Waals surface area contributed by atoms with E-state index in [9.17, 15) is 19.2 Å². The summed E-state index contributed by atoms with van der Waals surface area (Å²) in [5.74, 6) is -1.07. The molecule has 1 heterocycles. The minimum Gasteiger partial charge on any atom is -0.469 e. The molecular formula is C19H24ClN3O5. The Kier molecular flexibility index (Phi) is 7.80. The van der Waals surface area contributed by atoms with Gasteiger partial charge in [-0.25, -0.2) is 0 Å². The van der Waals surface area contributed by atoms with Gasteiger partial charge in [-0.1, -0.05) is 11.6 Å². The van der Waals surface area contributed by atoms with Crippen LogP contribution in [0.3, 0.4) is 0 Å². The van der Waals surface area contributed by atoms with E-state index in [4.69, 9.17) is 11.6 Å². The van der Waals surface area contributed by atoms with Gasteiger partial charge in [-0.15, -0.1) is 0 Å². The Hall–Kier alpha value is -2.61. The van der Waals surface area contributed by atoms with Crippen LogP contribution in [0.1, 0.15) is 26.2 Å². The normalized spacial score (nSPS) is 13.6. The molecule has 28 heavy (non-hydrogen) atoms. The van der Waals surface area contributed by atoms with Crippen molar-refractivity contribution in [1.29, 1.82) is 0 Å². The number of methoxy groups -OCH3 is 1. The molecule has 0 aromatic heterocycles. The Bertz CT molecular complexity index is 738. The summed E-state index contributed by atoms with van der Waals surface area (Å²) in [6.45, 7) is 2.14. The van der Waals surface area contributed by atoms with Crippen LogP contribution >= 0.6 is 11.6 Å². The number of benzene rings is 1. The number of amides is 3. The lowest BCUT2D eigenvalue weighted by Gasteiger charge is -2.24. The summed E-state index contributed by atoms with van der Waals surface area (Å²) in [5, 5.41) is 0.563. The van der Waals surface area contributed by atoms with E-state index in [1.54, 1.807) is 31.2 Å². The summed E-state index contributed by atoms with van der Waals surface area (Å²) >= 11 is 5.87. The van der Waals surface area contributed by atoms with Crippen molar-refractivity contribution in [2.45, 2.75) is 26.2 Å². The molecule has 0 radical (unpaired) electrons. The second-order valence-electron chi connectivity index (χ2n) is 6.37. The molecule has 1 fully saturated rings. The van der Waals surface area contributed by atoms with Crippen LogP contribution in [0.15, 0.2) is 24.3 Å². The Morgan fingerprint density at radius 2 is 1.86 bits per heavy atom. The quantitative estimate of drug-likeness (QED) is 0.609. The summed E-state index contributed by atoms with van der Waals surface area (Å²) in [7, 11) is 1.30. The average molecular weight is 410 g/mol. The van der Waals surface area contributed by atoms with Crippen LogP contribution in [0.2, 0.25) is 5.02 Å². The monoisotopic (exact) mass is 409 g/mol. The van der Waals surface area contributed by atoms with Crippen molar-refractivity contribution in [3.05, 3.63) is 29.3 Å². The van der Waals surface area contributed by atoms with Crippen LogP contribution in [0, 0.1) is 0 Å². The SMILES string of the molecule is CCN(CC(=O)N1CC(=O)N(c2ccc(Cl)cc2)C1)C(=O)CCCC(=O)OC. The molecule has 0 saturated carbocycles. The second-order valence-corrected chi connectivity index (χ2v) is 6.81. The maximum absolute atomic E-state index is 12.6. The first kappa shape index (κ1) is 21.7. The summed E-state index contributed by atoms with van der Waals surface area (Å²) in [5.41, 5.74) is 0.663. The number of carbonyl (C=O) groups excluding carboxylic acids is 4. The standard InChI is InChI=1S/C19H24ClN3O5/c1-3-21(16(24)5-4-6-19(27)28-2)11-17(25)22-12-18(26)23(13-22)15-9-7-14(20)8-10-15/h7-10H,3-6,11-13H2,1-2H3. The van der Waals surface area contributed by atoms with Gasteiger partial charge in [0.1, 0.15) is 13.2 Å². The molecular weight excluding hydrogens is 386 g/mol. The van der Waals surface area contributed by atoms with Crippen molar-refractivity contribution < 1.29 is 23.9 Å². The smallest absolute Gasteiger partial charge is 0.305 e. The van der Waals surface area contributed by atoms with E-state index in [0.29, 0.717) is 23.7 Å². The number of likely N-dealkylation sites (N-methyl/N-ethyl adjacent to an activating group) is 1. The molecule has 3 amide bonds. The molecule has 1 aromatic rings. The topological polar surface area (TPSA) is 87.2 Å². The lowest BCUT2D eigenvalue weighted by atomic mass is 10.2. The molecule has 8 nitrogen and oxygen atoms in total. The molecule has 9 heteroatoms. The zero-order valence-electron chi connectivity index (χ0n) is 16.0. The van der Waals surface area contributed by atoms with E-state index in [0.717, 1.165) is 0 Å². The number of esters is 1. The third kappa shape index (κ3) is 5.69. The first-order valence-electron chi connectivity index (χ1n) is 9.04. The Morgan fingerprint density at radius 1 is 1.18 bits per heavy atom. The van der Waals surface area contributed by atoms with Crippen molar-refractivity contribution in [2.24, 2.45) is 0 Å². The Morgan fingerprint density at radius 3 is 2.46 bits per heavy atom. The summed E-state index contributed by atoms with van der Waals surface area (Å²) < 4.78 is 4.55. The van der Waals surface area contributed by atoms with Crippen molar-refractivity contribution in [3.8, 4) is 0 Å². The van der Waals surface area contributed by atoms with Crippen LogP contribution in [-0.2, 0) is 23.9 Å². The van der Waals surface area contributed by atoms with Gasteiger partial charge < -0.3 is 14.5 Å². The number of nitrogens with zero attached hydrogens (tertiary/aromatic N) is 3. The maximum atomic E-state index is 12.6. The third-order valence-electron chi connectivity index (χ3n) is 4.49. The van der Waals surface area contributed by atoms with E-state index in [2.05, 4.69) is 4.74 Å². The fourth-order valence-electron chi connectivity index (χ4n) is 2.85. The number of carbonyl (C=O) groups is 4. The Labute approximate surface area is 169 Å². The lowest BCUT2D eigenvalue weighted by Crippen LogP contribution is -2.42. The van der Waals surface area contributed by atoms with Gasteiger partial charge in [0.2, 0.25) is 17.7 Å².